The first kappa shape index (κ1) is 22.2. The fourth-order valence-corrected chi connectivity index (χ4v) is 6.74. The SMILES string of the molecule is CO[C@H]1[C@H](C)C[C@@]2(Cc3ccc(-c4cncc(C(F)(F)F)c4)cc3C23COC(N)=N3)C[C@@H]1C. The highest BCUT2D eigenvalue weighted by Crippen LogP contribution is 2.63. The van der Waals surface area contributed by atoms with Crippen LogP contribution in [-0.4, -0.2) is 30.8 Å². The van der Waals surface area contributed by atoms with Crippen LogP contribution in [0, 0.1) is 17.3 Å². The lowest BCUT2D eigenvalue weighted by Gasteiger charge is -2.50. The number of halogens is 3. The Morgan fingerprint density at radius 2 is 1.82 bits per heavy atom. The van der Waals surface area contributed by atoms with Crippen molar-refractivity contribution in [1.29, 1.82) is 0 Å². The highest BCUT2D eigenvalue weighted by molar-refractivity contribution is 5.76. The van der Waals surface area contributed by atoms with Crippen molar-refractivity contribution in [1.82, 2.24) is 4.98 Å². The zero-order chi connectivity index (χ0) is 23.6. The summed E-state index contributed by atoms with van der Waals surface area (Å²) in [5.41, 5.74) is 7.68. The second kappa shape index (κ2) is 7.45. The van der Waals surface area contributed by atoms with Crippen molar-refractivity contribution in [3.8, 4) is 11.1 Å². The van der Waals surface area contributed by atoms with Crippen molar-refractivity contribution < 1.29 is 22.6 Å². The molecule has 0 amide bonds. The number of hydrogen-bond acceptors (Lipinski definition) is 5. The number of methoxy groups -OCH3 is 1. The van der Waals surface area contributed by atoms with Crippen LogP contribution in [0.25, 0.3) is 11.1 Å². The molecule has 1 aromatic carbocycles. The van der Waals surface area contributed by atoms with Crippen LogP contribution in [0.5, 0.6) is 0 Å². The molecule has 0 bridgehead atoms. The molecule has 5 rings (SSSR count). The van der Waals surface area contributed by atoms with Crippen LogP contribution < -0.4 is 5.73 Å². The van der Waals surface area contributed by atoms with Gasteiger partial charge in [0, 0.05) is 30.5 Å². The maximum atomic E-state index is 13.3. The summed E-state index contributed by atoms with van der Waals surface area (Å²) in [5.74, 6) is 0.656. The molecular weight excluding hydrogens is 431 g/mol. The predicted molar refractivity (Wildman–Crippen MR) is 118 cm³/mol. The van der Waals surface area contributed by atoms with Gasteiger partial charge in [0.15, 0.2) is 0 Å². The normalized spacial score (nSPS) is 33.3. The van der Waals surface area contributed by atoms with E-state index in [1.54, 1.807) is 7.11 Å². The van der Waals surface area contributed by atoms with Gasteiger partial charge in [-0.2, -0.15) is 13.2 Å². The number of nitrogens with zero attached hydrogens (tertiary/aromatic N) is 2. The lowest BCUT2D eigenvalue weighted by Crippen LogP contribution is -2.51. The zero-order valence-electron chi connectivity index (χ0n) is 18.9. The van der Waals surface area contributed by atoms with Crippen molar-refractivity contribution in [2.24, 2.45) is 28.0 Å². The molecule has 1 aromatic heterocycles. The molecule has 2 aromatic rings. The molecule has 176 valence electrons. The van der Waals surface area contributed by atoms with Gasteiger partial charge in [0.2, 0.25) is 0 Å². The van der Waals surface area contributed by atoms with Gasteiger partial charge in [-0.1, -0.05) is 26.0 Å². The Balaban J connectivity index is 1.61. The van der Waals surface area contributed by atoms with Gasteiger partial charge in [0.25, 0.3) is 6.02 Å². The molecule has 1 saturated carbocycles. The van der Waals surface area contributed by atoms with Crippen molar-refractivity contribution in [2.75, 3.05) is 13.7 Å². The van der Waals surface area contributed by atoms with Crippen LogP contribution in [0.15, 0.2) is 41.7 Å². The number of amidine groups is 1. The molecule has 8 heteroatoms. The average Bonchev–Trinajstić information content (AvgIpc) is 3.26. The van der Waals surface area contributed by atoms with E-state index in [1.807, 2.05) is 18.2 Å². The molecule has 3 aliphatic rings. The minimum atomic E-state index is -4.45. The summed E-state index contributed by atoms with van der Waals surface area (Å²) in [4.78, 5) is 8.72. The summed E-state index contributed by atoms with van der Waals surface area (Å²) >= 11 is 0. The van der Waals surface area contributed by atoms with E-state index in [1.165, 1.54) is 6.20 Å². The van der Waals surface area contributed by atoms with Gasteiger partial charge >= 0.3 is 6.18 Å². The van der Waals surface area contributed by atoms with Gasteiger partial charge < -0.3 is 15.2 Å². The van der Waals surface area contributed by atoms with Crippen LogP contribution in [0.4, 0.5) is 13.2 Å². The number of nitrogens with two attached hydrogens (primary N) is 1. The van der Waals surface area contributed by atoms with E-state index in [-0.39, 0.29) is 17.5 Å². The average molecular weight is 460 g/mol. The van der Waals surface area contributed by atoms with Gasteiger partial charge in [0.05, 0.1) is 11.7 Å². The Bertz CT molecular complexity index is 1100. The van der Waals surface area contributed by atoms with E-state index < -0.39 is 17.3 Å². The number of fused-ring (bicyclic) bond motifs is 3. The molecule has 2 N–H and O–H groups in total. The number of alkyl halides is 3. The number of hydrogen-bond donors (Lipinski definition) is 1. The monoisotopic (exact) mass is 459 g/mol. The molecule has 1 unspecified atom stereocenters. The second-order valence-corrected chi connectivity index (χ2v) is 9.95. The van der Waals surface area contributed by atoms with Crippen LogP contribution in [0.1, 0.15) is 43.4 Å². The number of ether oxygens (including phenoxy) is 2. The van der Waals surface area contributed by atoms with E-state index in [2.05, 4.69) is 18.8 Å². The van der Waals surface area contributed by atoms with Crippen LogP contribution in [0.3, 0.4) is 0 Å². The lowest BCUT2D eigenvalue weighted by atomic mass is 9.57. The third-order valence-electron chi connectivity index (χ3n) is 7.91. The number of aromatic nitrogens is 1. The van der Waals surface area contributed by atoms with Gasteiger partial charge in [-0.25, -0.2) is 4.99 Å². The highest BCUT2D eigenvalue weighted by Gasteiger charge is 2.63. The maximum absolute atomic E-state index is 13.3. The molecule has 0 saturated heterocycles. The highest BCUT2D eigenvalue weighted by atomic mass is 19.4. The summed E-state index contributed by atoms with van der Waals surface area (Å²) in [7, 11) is 1.76. The second-order valence-electron chi connectivity index (χ2n) is 9.95. The first-order valence-electron chi connectivity index (χ1n) is 11.3. The maximum Gasteiger partial charge on any atom is 0.417 e. The lowest BCUT2D eigenvalue weighted by molar-refractivity contribution is -0.137. The first-order chi connectivity index (χ1) is 15.6. The fourth-order valence-electron chi connectivity index (χ4n) is 6.74. The molecule has 0 radical (unpaired) electrons. The van der Waals surface area contributed by atoms with E-state index in [0.29, 0.717) is 29.6 Å². The number of rotatable bonds is 2. The molecule has 5 atom stereocenters. The van der Waals surface area contributed by atoms with E-state index in [0.717, 1.165) is 42.7 Å². The minimum Gasteiger partial charge on any atom is -0.462 e. The van der Waals surface area contributed by atoms with E-state index >= 15 is 0 Å². The quantitative estimate of drug-likeness (QED) is 0.691. The Labute approximate surface area is 191 Å². The summed E-state index contributed by atoms with van der Waals surface area (Å²) in [6.07, 6.45) is 0.678. The van der Waals surface area contributed by atoms with E-state index in [4.69, 9.17) is 20.2 Å². The largest absolute Gasteiger partial charge is 0.462 e. The van der Waals surface area contributed by atoms with Crippen LogP contribution >= 0.6 is 0 Å². The molecular formula is C25H28F3N3O2. The Kier molecular flexibility index (Phi) is 5.01. The summed E-state index contributed by atoms with van der Waals surface area (Å²) in [6, 6.07) is 7.16. The minimum absolute atomic E-state index is 0.169. The van der Waals surface area contributed by atoms with Crippen LogP contribution in [0.2, 0.25) is 0 Å². The van der Waals surface area contributed by atoms with Crippen molar-refractivity contribution >= 4 is 6.02 Å². The zero-order valence-corrected chi connectivity index (χ0v) is 18.9. The molecule has 1 fully saturated rings. The smallest absolute Gasteiger partial charge is 0.417 e. The Morgan fingerprint density at radius 1 is 1.09 bits per heavy atom. The van der Waals surface area contributed by atoms with Gasteiger partial charge in [-0.05, 0) is 59.9 Å². The third-order valence-corrected chi connectivity index (χ3v) is 7.91. The van der Waals surface area contributed by atoms with E-state index in [9.17, 15) is 13.2 Å². The summed E-state index contributed by atoms with van der Waals surface area (Å²) in [6.45, 7) is 4.77. The number of pyridine rings is 1. The summed E-state index contributed by atoms with van der Waals surface area (Å²) in [5, 5.41) is 0. The van der Waals surface area contributed by atoms with Gasteiger partial charge in [-0.3, -0.25) is 4.98 Å². The molecule has 1 aliphatic heterocycles. The molecule has 5 nitrogen and oxygen atoms in total. The third kappa shape index (κ3) is 3.33. The van der Waals surface area contributed by atoms with Crippen LogP contribution in [-0.2, 0) is 27.6 Å². The van der Waals surface area contributed by atoms with Crippen molar-refractivity contribution in [3.05, 3.63) is 53.3 Å². The topological polar surface area (TPSA) is 69.7 Å². The molecule has 2 heterocycles. The molecule has 2 aliphatic carbocycles. The first-order valence-corrected chi connectivity index (χ1v) is 11.3. The number of benzene rings is 1. The standard InChI is InChI=1S/C25H28F3N3O2/c1-14-8-23(9-15(2)21(14)32-3)10-17-5-4-16(7-20(17)24(23)13-33-22(29)31-24)18-6-19(12-30-11-18)25(26,27)28/h4-7,11-12,14-15,21H,8-10,13H2,1-3H3,(H2,29,31)/t14-,15+,21+,23+,24?. The Hall–Kier alpha value is -2.61. The predicted octanol–water partition coefficient (Wildman–Crippen LogP) is 4.93. The van der Waals surface area contributed by atoms with Crippen molar-refractivity contribution in [2.45, 2.75) is 50.9 Å². The molecule has 33 heavy (non-hydrogen) atoms. The van der Waals surface area contributed by atoms with Crippen molar-refractivity contribution in [3.63, 3.8) is 0 Å². The van der Waals surface area contributed by atoms with Gasteiger partial charge in [0.1, 0.15) is 12.1 Å². The van der Waals surface area contributed by atoms with Gasteiger partial charge in [-0.15, -0.1) is 0 Å². The Morgan fingerprint density at radius 3 is 2.42 bits per heavy atom. The summed E-state index contributed by atoms with van der Waals surface area (Å²) < 4.78 is 51.3. The molecule has 2 spiro atoms. The fraction of sp³-hybridized carbons (Fsp3) is 0.520. The number of aliphatic imine (C=N–C) groups is 1.